The first kappa shape index (κ1) is 15.3. The predicted molar refractivity (Wildman–Crippen MR) is 80.6 cm³/mol. The van der Waals surface area contributed by atoms with Gasteiger partial charge in [-0.2, -0.15) is 0 Å². The first-order valence-electron chi connectivity index (χ1n) is 7.53. The minimum Gasteiger partial charge on any atom is -0.494 e. The highest BCUT2D eigenvalue weighted by Gasteiger charge is 2.49. The Kier molecular flexibility index (Phi) is 4.69. The zero-order chi connectivity index (χ0) is 14.8. The van der Waals surface area contributed by atoms with E-state index in [-0.39, 0.29) is 5.82 Å². The van der Waals surface area contributed by atoms with Gasteiger partial charge in [0.05, 0.1) is 7.11 Å². The van der Waals surface area contributed by atoms with Crippen molar-refractivity contribution in [1.29, 1.82) is 0 Å². The Morgan fingerprint density at radius 1 is 1.45 bits per heavy atom. The summed E-state index contributed by atoms with van der Waals surface area (Å²) in [7, 11) is 1.50. The van der Waals surface area contributed by atoms with Crippen molar-refractivity contribution >= 4 is 0 Å². The van der Waals surface area contributed by atoms with Gasteiger partial charge in [-0.15, -0.1) is 0 Å². The maximum atomic E-state index is 13.8. The van der Waals surface area contributed by atoms with Crippen LogP contribution in [-0.2, 0) is 6.42 Å². The van der Waals surface area contributed by atoms with Gasteiger partial charge in [0.25, 0.3) is 0 Å². The minimum absolute atomic E-state index is 0.269. The molecular formula is C17H26FNO. The fourth-order valence-electron chi connectivity index (χ4n) is 2.97. The van der Waals surface area contributed by atoms with E-state index < -0.39 is 0 Å². The first-order valence-corrected chi connectivity index (χ1v) is 7.53. The van der Waals surface area contributed by atoms with E-state index in [2.05, 4.69) is 26.1 Å². The molecule has 2 nitrogen and oxygen atoms in total. The van der Waals surface area contributed by atoms with Gasteiger partial charge in [-0.3, -0.25) is 0 Å². The summed E-state index contributed by atoms with van der Waals surface area (Å²) in [6, 6.07) is 5.74. The van der Waals surface area contributed by atoms with E-state index in [9.17, 15) is 4.39 Å². The first-order chi connectivity index (χ1) is 9.47. The van der Waals surface area contributed by atoms with Gasteiger partial charge in [0.2, 0.25) is 0 Å². The number of hydrogen-bond donors (Lipinski definition) is 1. The molecule has 2 unspecified atom stereocenters. The zero-order valence-corrected chi connectivity index (χ0v) is 13.0. The number of methoxy groups -OCH3 is 1. The van der Waals surface area contributed by atoms with Gasteiger partial charge >= 0.3 is 0 Å². The highest BCUT2D eigenvalue weighted by Crippen LogP contribution is 2.54. The van der Waals surface area contributed by atoms with Crippen LogP contribution in [-0.4, -0.2) is 19.7 Å². The minimum atomic E-state index is -0.269. The van der Waals surface area contributed by atoms with Crippen LogP contribution >= 0.6 is 0 Å². The Balaban J connectivity index is 2.05. The molecule has 2 rings (SSSR count). The third-order valence-electron chi connectivity index (χ3n) is 4.40. The van der Waals surface area contributed by atoms with Crippen LogP contribution in [0, 0.1) is 17.2 Å². The second-order valence-corrected chi connectivity index (χ2v) is 6.53. The number of nitrogens with one attached hydrogen (secondary N) is 1. The Labute approximate surface area is 121 Å². The van der Waals surface area contributed by atoms with E-state index in [0.29, 0.717) is 23.1 Å². The molecular weight excluding hydrogens is 253 g/mol. The van der Waals surface area contributed by atoms with E-state index in [0.717, 1.165) is 24.9 Å². The molecule has 112 valence electrons. The lowest BCUT2D eigenvalue weighted by atomic mass is 9.97. The topological polar surface area (TPSA) is 21.3 Å². The van der Waals surface area contributed by atoms with E-state index >= 15 is 0 Å². The van der Waals surface area contributed by atoms with Crippen LogP contribution in [0.3, 0.4) is 0 Å². The van der Waals surface area contributed by atoms with Gasteiger partial charge in [-0.05, 0) is 54.8 Å². The number of hydrogen-bond acceptors (Lipinski definition) is 2. The van der Waals surface area contributed by atoms with E-state index in [4.69, 9.17) is 4.74 Å². The van der Waals surface area contributed by atoms with Crippen LogP contribution in [0.4, 0.5) is 4.39 Å². The molecule has 1 aliphatic rings. The molecule has 1 aromatic rings. The molecule has 1 aromatic carbocycles. The van der Waals surface area contributed by atoms with Crippen molar-refractivity contribution in [2.45, 2.75) is 46.1 Å². The Morgan fingerprint density at radius 2 is 2.15 bits per heavy atom. The molecule has 20 heavy (non-hydrogen) atoms. The highest BCUT2D eigenvalue weighted by atomic mass is 19.1. The Morgan fingerprint density at radius 3 is 2.65 bits per heavy atom. The molecule has 0 aromatic heterocycles. The van der Waals surface area contributed by atoms with Crippen molar-refractivity contribution < 1.29 is 9.13 Å². The molecule has 3 heteroatoms. The van der Waals surface area contributed by atoms with E-state index in [1.165, 1.54) is 13.5 Å². The standard InChI is InChI=1S/C17H26FNO/c1-5-8-19-15(13-11-17(13,2)3)10-12-6-7-16(20-4)14(18)9-12/h6-7,9,13,15,19H,5,8,10-11H2,1-4H3. The molecule has 0 aliphatic heterocycles. The van der Waals surface area contributed by atoms with Gasteiger partial charge in [0.15, 0.2) is 11.6 Å². The van der Waals surface area contributed by atoms with Gasteiger partial charge < -0.3 is 10.1 Å². The fourth-order valence-corrected chi connectivity index (χ4v) is 2.97. The number of rotatable bonds is 7. The molecule has 0 saturated heterocycles. The Bertz CT molecular complexity index is 458. The normalized spacial score (nSPS) is 21.6. The average molecular weight is 279 g/mol. The summed E-state index contributed by atoms with van der Waals surface area (Å²) in [4.78, 5) is 0. The smallest absolute Gasteiger partial charge is 0.165 e. The highest BCUT2D eigenvalue weighted by molar-refractivity contribution is 5.30. The fraction of sp³-hybridized carbons (Fsp3) is 0.647. The summed E-state index contributed by atoms with van der Waals surface area (Å²) < 4.78 is 18.7. The van der Waals surface area contributed by atoms with Crippen molar-refractivity contribution in [3.05, 3.63) is 29.6 Å². The second-order valence-electron chi connectivity index (χ2n) is 6.53. The van der Waals surface area contributed by atoms with Gasteiger partial charge in [0.1, 0.15) is 0 Å². The summed E-state index contributed by atoms with van der Waals surface area (Å²) in [5.41, 5.74) is 1.47. The van der Waals surface area contributed by atoms with Crippen LogP contribution in [0.25, 0.3) is 0 Å². The van der Waals surface area contributed by atoms with Crippen LogP contribution in [0.15, 0.2) is 18.2 Å². The summed E-state index contributed by atoms with van der Waals surface area (Å²) in [5, 5.41) is 3.63. The maximum Gasteiger partial charge on any atom is 0.165 e. The summed E-state index contributed by atoms with van der Waals surface area (Å²) in [6.07, 6.45) is 3.27. The number of benzene rings is 1. The van der Waals surface area contributed by atoms with Crippen LogP contribution in [0.5, 0.6) is 5.75 Å². The average Bonchev–Trinajstić information content (AvgIpc) is 3.03. The summed E-state index contributed by atoms with van der Waals surface area (Å²) in [6.45, 7) is 7.82. The molecule has 1 aliphatic carbocycles. The third-order valence-corrected chi connectivity index (χ3v) is 4.40. The molecule has 1 fully saturated rings. The molecule has 2 atom stereocenters. The number of ether oxygens (including phenoxy) is 1. The number of halogens is 1. The Hall–Kier alpha value is -1.09. The molecule has 0 heterocycles. The van der Waals surface area contributed by atoms with Crippen molar-refractivity contribution in [3.8, 4) is 5.75 Å². The lowest BCUT2D eigenvalue weighted by molar-refractivity contribution is 0.383. The third kappa shape index (κ3) is 3.51. The molecule has 0 spiro atoms. The van der Waals surface area contributed by atoms with Gasteiger partial charge in [-0.25, -0.2) is 4.39 Å². The largest absolute Gasteiger partial charge is 0.494 e. The lowest BCUT2D eigenvalue weighted by Crippen LogP contribution is -2.35. The molecule has 0 radical (unpaired) electrons. The predicted octanol–water partition coefficient (Wildman–Crippen LogP) is 3.79. The maximum absolute atomic E-state index is 13.8. The van der Waals surface area contributed by atoms with E-state index in [1.54, 1.807) is 12.1 Å². The van der Waals surface area contributed by atoms with E-state index in [1.807, 2.05) is 6.07 Å². The molecule has 0 amide bonds. The van der Waals surface area contributed by atoms with Crippen LogP contribution in [0.2, 0.25) is 0 Å². The molecule has 0 bridgehead atoms. The van der Waals surface area contributed by atoms with Crippen LogP contribution < -0.4 is 10.1 Å². The molecule has 1 N–H and O–H groups in total. The van der Waals surface area contributed by atoms with Crippen molar-refractivity contribution in [1.82, 2.24) is 5.32 Å². The lowest BCUT2D eigenvalue weighted by Gasteiger charge is -2.20. The second kappa shape index (κ2) is 6.13. The monoisotopic (exact) mass is 279 g/mol. The molecule has 1 saturated carbocycles. The van der Waals surface area contributed by atoms with Gasteiger partial charge in [-0.1, -0.05) is 26.8 Å². The zero-order valence-electron chi connectivity index (χ0n) is 13.0. The van der Waals surface area contributed by atoms with Crippen molar-refractivity contribution in [3.63, 3.8) is 0 Å². The van der Waals surface area contributed by atoms with Crippen LogP contribution in [0.1, 0.15) is 39.2 Å². The quantitative estimate of drug-likeness (QED) is 0.820. The van der Waals surface area contributed by atoms with Gasteiger partial charge in [0, 0.05) is 6.04 Å². The SMILES string of the molecule is CCCNC(Cc1ccc(OC)c(F)c1)C1CC1(C)C. The van der Waals surface area contributed by atoms with Crippen molar-refractivity contribution in [2.75, 3.05) is 13.7 Å². The summed E-state index contributed by atoms with van der Waals surface area (Å²) >= 11 is 0. The summed E-state index contributed by atoms with van der Waals surface area (Å²) in [5.74, 6) is 0.743. The van der Waals surface area contributed by atoms with Crippen molar-refractivity contribution in [2.24, 2.45) is 11.3 Å².